The minimum absolute atomic E-state index is 0.0312. The number of aromatic hydroxyl groups is 1. The molecule has 0 bridgehead atoms. The summed E-state index contributed by atoms with van der Waals surface area (Å²) in [7, 11) is 1.58. The molecule has 3 aromatic rings. The number of fused-ring (bicyclic) bond motifs is 1. The molecule has 28 heavy (non-hydrogen) atoms. The van der Waals surface area contributed by atoms with Gasteiger partial charge in [0.25, 0.3) is 0 Å². The van der Waals surface area contributed by atoms with Crippen molar-refractivity contribution in [2.24, 2.45) is 0 Å². The van der Waals surface area contributed by atoms with Gasteiger partial charge in [0.1, 0.15) is 11.5 Å². The van der Waals surface area contributed by atoms with Crippen molar-refractivity contribution in [2.45, 2.75) is 13.0 Å². The molecule has 3 rings (SSSR count). The molecule has 3 aromatic carbocycles. The van der Waals surface area contributed by atoms with E-state index in [0.717, 1.165) is 5.39 Å². The molecular formula is C22H20N2O4. The van der Waals surface area contributed by atoms with Gasteiger partial charge in [0, 0.05) is 11.3 Å². The Labute approximate surface area is 162 Å². The molecule has 0 saturated carbocycles. The first-order valence-corrected chi connectivity index (χ1v) is 8.80. The van der Waals surface area contributed by atoms with Crippen LogP contribution < -0.4 is 10.1 Å². The van der Waals surface area contributed by atoms with Gasteiger partial charge < -0.3 is 19.9 Å². The molecule has 1 unspecified atom stereocenters. The van der Waals surface area contributed by atoms with Crippen molar-refractivity contribution in [3.63, 3.8) is 0 Å². The first-order chi connectivity index (χ1) is 13.6. The Morgan fingerprint density at radius 2 is 1.93 bits per heavy atom. The summed E-state index contributed by atoms with van der Waals surface area (Å²) in [5.74, 6) is 0.150. The predicted octanol–water partition coefficient (Wildman–Crippen LogP) is 4.14. The van der Waals surface area contributed by atoms with Gasteiger partial charge in [0.15, 0.2) is 6.04 Å². The van der Waals surface area contributed by atoms with Crippen molar-refractivity contribution in [1.29, 1.82) is 5.26 Å². The van der Waals surface area contributed by atoms with E-state index in [0.29, 0.717) is 28.0 Å². The number of nitrogens with zero attached hydrogens (tertiary/aromatic N) is 1. The van der Waals surface area contributed by atoms with Crippen LogP contribution in [0.1, 0.15) is 24.1 Å². The number of phenolic OH excluding ortho intramolecular Hbond substituents is 1. The Bertz CT molecular complexity index is 1040. The number of phenols is 1. The molecule has 0 aromatic heterocycles. The van der Waals surface area contributed by atoms with E-state index in [9.17, 15) is 9.90 Å². The lowest BCUT2D eigenvalue weighted by Gasteiger charge is -2.21. The van der Waals surface area contributed by atoms with Crippen molar-refractivity contribution in [2.75, 3.05) is 19.0 Å². The molecule has 2 N–H and O–H groups in total. The average molecular weight is 376 g/mol. The molecule has 0 radical (unpaired) electrons. The first-order valence-electron chi connectivity index (χ1n) is 8.80. The molecule has 6 heteroatoms. The molecule has 142 valence electrons. The number of hydrogen-bond acceptors (Lipinski definition) is 6. The summed E-state index contributed by atoms with van der Waals surface area (Å²) in [6.45, 7) is 1.94. The Morgan fingerprint density at radius 1 is 1.18 bits per heavy atom. The summed E-state index contributed by atoms with van der Waals surface area (Å²) < 4.78 is 10.4. The van der Waals surface area contributed by atoms with Gasteiger partial charge in [-0.2, -0.15) is 5.26 Å². The molecule has 0 aliphatic rings. The third-order valence-electron chi connectivity index (χ3n) is 4.38. The Hall–Kier alpha value is -3.72. The second-order valence-electron chi connectivity index (χ2n) is 6.10. The van der Waals surface area contributed by atoms with Crippen molar-refractivity contribution < 1.29 is 19.4 Å². The SMILES string of the molecule is CCOC(=O)C(Nc1ccc(OC)cc1)c1c(O)ccc2cc(C#N)ccc12. The third-order valence-corrected chi connectivity index (χ3v) is 4.38. The Balaban J connectivity index is 2.10. The highest BCUT2D eigenvalue weighted by molar-refractivity contribution is 5.95. The largest absolute Gasteiger partial charge is 0.508 e. The molecule has 0 heterocycles. The Kier molecular flexibility index (Phi) is 5.66. The number of anilines is 1. The zero-order valence-electron chi connectivity index (χ0n) is 15.6. The number of rotatable bonds is 6. The molecule has 0 fully saturated rings. The number of hydrogen-bond donors (Lipinski definition) is 2. The summed E-state index contributed by atoms with van der Waals surface area (Å²) in [5, 5.41) is 24.2. The average Bonchev–Trinajstić information content (AvgIpc) is 2.72. The summed E-state index contributed by atoms with van der Waals surface area (Å²) in [6.07, 6.45) is 0. The number of esters is 1. The number of carbonyl (C=O) groups excluding carboxylic acids is 1. The van der Waals surface area contributed by atoms with E-state index in [1.165, 1.54) is 6.07 Å². The molecule has 0 spiro atoms. The fourth-order valence-corrected chi connectivity index (χ4v) is 3.04. The van der Waals surface area contributed by atoms with Crippen LogP contribution in [0, 0.1) is 11.3 Å². The van der Waals surface area contributed by atoms with Gasteiger partial charge in [0.2, 0.25) is 0 Å². The fraction of sp³-hybridized carbons (Fsp3) is 0.182. The topological polar surface area (TPSA) is 91.6 Å². The second kappa shape index (κ2) is 8.31. The van der Waals surface area contributed by atoms with Crippen molar-refractivity contribution in [3.05, 3.63) is 65.7 Å². The highest BCUT2D eigenvalue weighted by Crippen LogP contribution is 2.35. The van der Waals surface area contributed by atoms with Crippen LogP contribution in [0.3, 0.4) is 0 Å². The zero-order valence-corrected chi connectivity index (χ0v) is 15.6. The van der Waals surface area contributed by atoms with E-state index in [1.807, 2.05) is 0 Å². The summed E-state index contributed by atoms with van der Waals surface area (Å²) in [6, 6.07) is 16.6. The molecule has 0 amide bonds. The van der Waals surface area contributed by atoms with Crippen LogP contribution in [0.4, 0.5) is 5.69 Å². The fourth-order valence-electron chi connectivity index (χ4n) is 3.04. The molecule has 6 nitrogen and oxygen atoms in total. The number of benzene rings is 3. The highest BCUT2D eigenvalue weighted by Gasteiger charge is 2.27. The summed E-state index contributed by atoms with van der Waals surface area (Å²) in [5.41, 5.74) is 1.57. The van der Waals surface area contributed by atoms with Crippen molar-refractivity contribution >= 4 is 22.4 Å². The third kappa shape index (κ3) is 3.84. The van der Waals surface area contributed by atoms with Crippen LogP contribution in [0.25, 0.3) is 10.8 Å². The van der Waals surface area contributed by atoms with E-state index >= 15 is 0 Å². The van der Waals surface area contributed by atoms with E-state index in [-0.39, 0.29) is 12.4 Å². The zero-order chi connectivity index (χ0) is 20.1. The van der Waals surface area contributed by atoms with E-state index < -0.39 is 12.0 Å². The minimum atomic E-state index is -0.926. The standard InChI is InChI=1S/C22H20N2O4/c1-3-28-22(26)21(24-16-6-8-17(27-2)9-7-16)20-18-10-4-14(13-23)12-15(18)5-11-19(20)25/h4-12,21,24-25H,3H2,1-2H3. The van der Waals surface area contributed by atoms with Gasteiger partial charge in [-0.05, 0) is 60.2 Å². The maximum Gasteiger partial charge on any atom is 0.333 e. The Morgan fingerprint density at radius 3 is 2.57 bits per heavy atom. The normalized spacial score (nSPS) is 11.5. The molecule has 1 atom stereocenters. The number of nitrogens with one attached hydrogen (secondary N) is 1. The van der Waals surface area contributed by atoms with Gasteiger partial charge in [-0.3, -0.25) is 0 Å². The van der Waals surface area contributed by atoms with Crippen LogP contribution in [0.15, 0.2) is 54.6 Å². The van der Waals surface area contributed by atoms with Crippen LogP contribution in [0.5, 0.6) is 11.5 Å². The minimum Gasteiger partial charge on any atom is -0.508 e. The smallest absolute Gasteiger partial charge is 0.333 e. The van der Waals surface area contributed by atoms with E-state index in [4.69, 9.17) is 14.7 Å². The van der Waals surface area contributed by atoms with Crippen LogP contribution in [0.2, 0.25) is 0 Å². The number of ether oxygens (including phenoxy) is 2. The van der Waals surface area contributed by atoms with Gasteiger partial charge in [-0.15, -0.1) is 0 Å². The molecule has 0 aliphatic heterocycles. The monoisotopic (exact) mass is 376 g/mol. The summed E-state index contributed by atoms with van der Waals surface area (Å²) in [4.78, 5) is 12.7. The maximum atomic E-state index is 12.7. The van der Waals surface area contributed by atoms with Gasteiger partial charge in [-0.1, -0.05) is 12.1 Å². The van der Waals surface area contributed by atoms with E-state index in [2.05, 4.69) is 11.4 Å². The second-order valence-corrected chi connectivity index (χ2v) is 6.10. The van der Waals surface area contributed by atoms with Crippen LogP contribution in [-0.2, 0) is 9.53 Å². The highest BCUT2D eigenvalue weighted by atomic mass is 16.5. The lowest BCUT2D eigenvalue weighted by molar-refractivity contribution is -0.144. The lowest BCUT2D eigenvalue weighted by Crippen LogP contribution is -2.23. The maximum absolute atomic E-state index is 12.7. The van der Waals surface area contributed by atoms with Crippen molar-refractivity contribution in [1.82, 2.24) is 0 Å². The van der Waals surface area contributed by atoms with Crippen LogP contribution >= 0.6 is 0 Å². The number of methoxy groups -OCH3 is 1. The number of carbonyl (C=O) groups is 1. The lowest BCUT2D eigenvalue weighted by atomic mass is 9.96. The van der Waals surface area contributed by atoms with E-state index in [1.54, 1.807) is 62.6 Å². The summed E-state index contributed by atoms with van der Waals surface area (Å²) >= 11 is 0. The molecular weight excluding hydrogens is 356 g/mol. The number of nitriles is 1. The first kappa shape index (κ1) is 19.1. The van der Waals surface area contributed by atoms with Gasteiger partial charge >= 0.3 is 5.97 Å². The molecule has 0 aliphatic carbocycles. The quantitative estimate of drug-likeness (QED) is 0.628. The predicted molar refractivity (Wildman–Crippen MR) is 106 cm³/mol. The van der Waals surface area contributed by atoms with Crippen LogP contribution in [-0.4, -0.2) is 24.8 Å². The van der Waals surface area contributed by atoms with Crippen molar-refractivity contribution in [3.8, 4) is 17.6 Å². The van der Waals surface area contributed by atoms with Gasteiger partial charge in [-0.25, -0.2) is 4.79 Å². The van der Waals surface area contributed by atoms with Gasteiger partial charge in [0.05, 0.1) is 25.3 Å². The molecule has 0 saturated heterocycles.